The number of nitrogens with one attached hydrogen (secondary N) is 1. The van der Waals surface area contributed by atoms with Gasteiger partial charge in [0.2, 0.25) is 5.62 Å². The smallest absolute Gasteiger partial charge is 0.281 e. The number of hydrogen-bond acceptors (Lipinski definition) is 5. The van der Waals surface area contributed by atoms with Crippen LogP contribution in [-0.4, -0.2) is 34.1 Å². The van der Waals surface area contributed by atoms with Crippen molar-refractivity contribution in [3.8, 4) is 5.75 Å². The van der Waals surface area contributed by atoms with E-state index >= 15 is 0 Å². The van der Waals surface area contributed by atoms with Crippen molar-refractivity contribution in [1.29, 1.82) is 0 Å². The Bertz CT molecular complexity index is 1050. The molecule has 0 saturated carbocycles. The molecule has 0 fully saturated rings. The minimum absolute atomic E-state index is 0.366. The molecule has 1 aromatic carbocycles. The molecule has 4 rings (SSSR count). The van der Waals surface area contributed by atoms with Gasteiger partial charge in [0.15, 0.2) is 0 Å². The molecule has 8 heteroatoms. The standard InChI is InChI=1S/C17H14BrN5O2/c1-25-14-8-13-11(7-12(14)18)15-20-5-6-23(15)17(21-13)22-16(24)10-3-2-4-19-9-10/h2-4,7-9,20H,5-6H2,1H3. The Morgan fingerprint density at radius 3 is 3.08 bits per heavy atom. The molecule has 1 N–H and O–H groups in total. The van der Waals surface area contributed by atoms with Crippen LogP contribution in [0.5, 0.6) is 5.75 Å². The van der Waals surface area contributed by atoms with Gasteiger partial charge in [0.1, 0.15) is 11.6 Å². The molecule has 2 aromatic heterocycles. The number of carbonyl (C=O) groups is 1. The van der Waals surface area contributed by atoms with Crippen LogP contribution in [-0.2, 0) is 6.54 Å². The number of methoxy groups -OCH3 is 1. The van der Waals surface area contributed by atoms with Crippen LogP contribution in [0.15, 0.2) is 46.1 Å². The van der Waals surface area contributed by atoms with Crippen LogP contribution in [0.4, 0.5) is 5.82 Å². The van der Waals surface area contributed by atoms with Gasteiger partial charge in [-0.15, -0.1) is 0 Å². The lowest BCUT2D eigenvalue weighted by Crippen LogP contribution is -2.24. The fourth-order valence-corrected chi connectivity index (χ4v) is 3.32. The Labute approximate surface area is 151 Å². The van der Waals surface area contributed by atoms with E-state index in [1.165, 1.54) is 6.20 Å². The first-order valence-electron chi connectivity index (χ1n) is 7.68. The van der Waals surface area contributed by atoms with Gasteiger partial charge in [0.25, 0.3) is 5.91 Å². The Hall–Kier alpha value is -2.74. The van der Waals surface area contributed by atoms with Gasteiger partial charge in [-0.1, -0.05) is 0 Å². The summed E-state index contributed by atoms with van der Waals surface area (Å²) in [5.41, 5.74) is 1.50. The van der Waals surface area contributed by atoms with Gasteiger partial charge in [0.05, 0.1) is 22.7 Å². The van der Waals surface area contributed by atoms with Crippen molar-refractivity contribution in [3.05, 3.63) is 52.3 Å². The average molecular weight is 400 g/mol. The number of ether oxygens (including phenoxy) is 1. The van der Waals surface area contributed by atoms with Gasteiger partial charge in [-0.25, -0.2) is 4.98 Å². The summed E-state index contributed by atoms with van der Waals surface area (Å²) in [5, 5.41) is 4.28. The van der Waals surface area contributed by atoms with Gasteiger partial charge < -0.3 is 10.1 Å². The molecule has 3 heterocycles. The summed E-state index contributed by atoms with van der Waals surface area (Å²) in [5.74, 6) is 1.20. The SMILES string of the molecule is COc1cc2nc(=NC(=O)c3cccnc3)n3c(c2cc1Br)NCC3. The zero-order valence-electron chi connectivity index (χ0n) is 13.4. The number of carbonyl (C=O) groups excluding carboxylic acids is 1. The lowest BCUT2D eigenvalue weighted by atomic mass is 10.2. The third-order valence-electron chi connectivity index (χ3n) is 3.99. The summed E-state index contributed by atoms with van der Waals surface area (Å²) in [4.78, 5) is 25.2. The van der Waals surface area contributed by atoms with Gasteiger partial charge in [-0.05, 0) is 34.1 Å². The Kier molecular flexibility index (Phi) is 3.96. The molecule has 0 spiro atoms. The number of aromatic nitrogens is 3. The summed E-state index contributed by atoms with van der Waals surface area (Å²) in [6, 6.07) is 7.17. The number of rotatable bonds is 2. The van der Waals surface area contributed by atoms with Crippen LogP contribution >= 0.6 is 15.9 Å². The molecule has 0 saturated heterocycles. The monoisotopic (exact) mass is 399 g/mol. The summed E-state index contributed by atoms with van der Waals surface area (Å²) in [7, 11) is 1.60. The number of amides is 1. The van der Waals surface area contributed by atoms with Crippen LogP contribution in [0, 0.1) is 0 Å². The summed E-state index contributed by atoms with van der Waals surface area (Å²) in [6.07, 6.45) is 3.11. The van der Waals surface area contributed by atoms with Crippen LogP contribution in [0.25, 0.3) is 10.9 Å². The van der Waals surface area contributed by atoms with Crippen LogP contribution < -0.4 is 15.7 Å². The topological polar surface area (TPSA) is 81.4 Å². The Morgan fingerprint density at radius 1 is 1.44 bits per heavy atom. The van der Waals surface area contributed by atoms with Crippen molar-refractivity contribution in [2.45, 2.75) is 6.54 Å². The minimum Gasteiger partial charge on any atom is -0.495 e. The first-order chi connectivity index (χ1) is 12.2. The second-order valence-electron chi connectivity index (χ2n) is 5.50. The van der Waals surface area contributed by atoms with E-state index in [1.54, 1.807) is 25.4 Å². The molecule has 1 aliphatic heterocycles. The number of nitrogens with zero attached hydrogens (tertiary/aromatic N) is 4. The number of fused-ring (bicyclic) bond motifs is 3. The number of pyridine rings is 1. The Balaban J connectivity index is 1.94. The second kappa shape index (κ2) is 6.29. The second-order valence-corrected chi connectivity index (χ2v) is 6.36. The largest absolute Gasteiger partial charge is 0.495 e. The Morgan fingerprint density at radius 2 is 2.32 bits per heavy atom. The molecule has 1 amide bonds. The average Bonchev–Trinajstić information content (AvgIpc) is 3.13. The van der Waals surface area contributed by atoms with Crippen molar-refractivity contribution >= 4 is 38.6 Å². The first-order valence-corrected chi connectivity index (χ1v) is 8.48. The molecule has 0 atom stereocenters. The lowest BCUT2D eigenvalue weighted by molar-refractivity contribution is 0.0996. The molecular weight excluding hydrogens is 386 g/mol. The fourth-order valence-electron chi connectivity index (χ4n) is 2.81. The van der Waals surface area contributed by atoms with Crippen LogP contribution in [0.3, 0.4) is 0 Å². The summed E-state index contributed by atoms with van der Waals surface area (Å²) >= 11 is 3.50. The highest BCUT2D eigenvalue weighted by Gasteiger charge is 2.18. The quantitative estimate of drug-likeness (QED) is 0.715. The predicted octanol–water partition coefficient (Wildman–Crippen LogP) is 2.37. The maximum atomic E-state index is 12.4. The molecule has 0 bridgehead atoms. The number of hydrogen-bond donors (Lipinski definition) is 1. The number of halogens is 1. The molecule has 0 unspecified atom stereocenters. The highest BCUT2D eigenvalue weighted by molar-refractivity contribution is 9.10. The molecule has 3 aromatic rings. The van der Waals surface area contributed by atoms with Crippen molar-refractivity contribution in [2.75, 3.05) is 19.0 Å². The van der Waals surface area contributed by atoms with Gasteiger partial charge in [0, 0.05) is 36.9 Å². The third-order valence-corrected chi connectivity index (χ3v) is 4.61. The molecule has 1 aliphatic rings. The predicted molar refractivity (Wildman–Crippen MR) is 96.6 cm³/mol. The molecular formula is C17H14BrN5O2. The zero-order chi connectivity index (χ0) is 17.4. The fraction of sp³-hybridized carbons (Fsp3) is 0.176. The summed E-state index contributed by atoms with van der Waals surface area (Å²) in [6.45, 7) is 1.45. The molecule has 25 heavy (non-hydrogen) atoms. The van der Waals surface area contributed by atoms with E-state index in [0.717, 1.165) is 22.2 Å². The molecule has 126 valence electrons. The highest BCUT2D eigenvalue weighted by Crippen LogP contribution is 2.32. The highest BCUT2D eigenvalue weighted by atomic mass is 79.9. The normalized spacial score (nSPS) is 13.6. The molecule has 0 aliphatic carbocycles. The first kappa shape index (κ1) is 15.8. The van der Waals surface area contributed by atoms with E-state index in [1.807, 2.05) is 16.7 Å². The molecule has 7 nitrogen and oxygen atoms in total. The lowest BCUT2D eigenvalue weighted by Gasteiger charge is -2.10. The van der Waals surface area contributed by atoms with Crippen molar-refractivity contribution in [1.82, 2.24) is 14.5 Å². The van der Waals surface area contributed by atoms with Gasteiger partial charge >= 0.3 is 0 Å². The van der Waals surface area contributed by atoms with E-state index in [9.17, 15) is 4.79 Å². The van der Waals surface area contributed by atoms with Crippen molar-refractivity contribution in [2.24, 2.45) is 4.99 Å². The van der Waals surface area contributed by atoms with E-state index in [4.69, 9.17) is 4.74 Å². The van der Waals surface area contributed by atoms with Gasteiger partial charge in [-0.3, -0.25) is 14.3 Å². The number of benzene rings is 1. The summed E-state index contributed by atoms with van der Waals surface area (Å²) < 4.78 is 8.10. The third kappa shape index (κ3) is 2.78. The minimum atomic E-state index is -0.370. The van der Waals surface area contributed by atoms with E-state index in [2.05, 4.69) is 36.2 Å². The van der Waals surface area contributed by atoms with Crippen molar-refractivity contribution in [3.63, 3.8) is 0 Å². The molecule has 0 radical (unpaired) electrons. The van der Waals surface area contributed by atoms with E-state index < -0.39 is 0 Å². The van der Waals surface area contributed by atoms with Gasteiger partial charge in [-0.2, -0.15) is 4.99 Å². The maximum Gasteiger partial charge on any atom is 0.281 e. The van der Waals surface area contributed by atoms with E-state index in [-0.39, 0.29) is 5.91 Å². The maximum absolute atomic E-state index is 12.4. The zero-order valence-corrected chi connectivity index (χ0v) is 14.9. The van der Waals surface area contributed by atoms with E-state index in [0.29, 0.717) is 29.0 Å². The van der Waals surface area contributed by atoms with Crippen LogP contribution in [0.1, 0.15) is 10.4 Å². The van der Waals surface area contributed by atoms with Crippen molar-refractivity contribution < 1.29 is 9.53 Å². The van der Waals surface area contributed by atoms with Crippen LogP contribution in [0.2, 0.25) is 0 Å². The number of anilines is 1.